The Hall–Kier alpha value is -6.83. The van der Waals surface area contributed by atoms with Crippen molar-refractivity contribution >= 4 is 74.8 Å². The number of unbranched alkanes of at least 4 members (excludes halogenated alkanes) is 5. The molecule has 0 bridgehead atoms. The quantitative estimate of drug-likeness (QED) is 0.0420. The third-order valence-corrected chi connectivity index (χ3v) is 15.9. The molecule has 0 unspecified atom stereocenters. The highest BCUT2D eigenvalue weighted by Gasteiger charge is 2.33. The molecule has 18 nitrogen and oxygen atoms in total. The Morgan fingerprint density at radius 3 is 2.43 bits per heavy atom. The lowest BCUT2D eigenvalue weighted by molar-refractivity contribution is -0.128. The number of likely N-dealkylation sites (tertiary alicyclic amines) is 1. The van der Waals surface area contributed by atoms with E-state index in [1.165, 1.54) is 4.88 Å². The Kier molecular flexibility index (Phi) is 17.6. The number of hydrogen-bond donors (Lipinski definition) is 4. The van der Waals surface area contributed by atoms with Crippen LogP contribution in [0.2, 0.25) is 5.02 Å². The number of nitrogens with two attached hydrogens (primary N) is 1. The van der Waals surface area contributed by atoms with Crippen molar-refractivity contribution in [3.63, 3.8) is 0 Å². The fraction of sp³-hybridized carbons (Fsp3) is 0.455. The van der Waals surface area contributed by atoms with E-state index in [0.29, 0.717) is 53.9 Å². The average molecular weight is 1060 g/mol. The van der Waals surface area contributed by atoms with Crippen LogP contribution in [0.3, 0.4) is 0 Å². The van der Waals surface area contributed by atoms with Gasteiger partial charge < -0.3 is 31.1 Å². The van der Waals surface area contributed by atoms with Gasteiger partial charge in [0, 0.05) is 79.0 Å². The number of nitrogens with zero attached hydrogens (tertiary/aromatic N) is 10. The minimum absolute atomic E-state index is 0.00282. The third-order valence-electron chi connectivity index (χ3n) is 14.5. The van der Waals surface area contributed by atoms with Gasteiger partial charge in [-0.05, 0) is 114 Å². The van der Waals surface area contributed by atoms with Gasteiger partial charge in [-0.3, -0.25) is 33.8 Å². The summed E-state index contributed by atoms with van der Waals surface area (Å²) < 4.78 is 2.07. The van der Waals surface area contributed by atoms with Crippen molar-refractivity contribution in [1.82, 2.24) is 54.9 Å². The van der Waals surface area contributed by atoms with Gasteiger partial charge in [-0.25, -0.2) is 9.97 Å². The second kappa shape index (κ2) is 24.2. The maximum Gasteiger partial charge on any atom is 0.274 e. The van der Waals surface area contributed by atoms with Crippen molar-refractivity contribution < 1.29 is 19.2 Å². The number of likely N-dealkylation sites (N-methyl/N-ethyl adjacent to an activating group) is 2. The fourth-order valence-electron chi connectivity index (χ4n) is 9.77. The molecular formula is C55H69ClN14O4S. The van der Waals surface area contributed by atoms with Crippen LogP contribution in [0.4, 0.5) is 11.5 Å². The topological polar surface area (TPSA) is 226 Å². The second-order valence-corrected chi connectivity index (χ2v) is 21.7. The first-order valence-electron chi connectivity index (χ1n) is 25.9. The first-order valence-corrected chi connectivity index (χ1v) is 27.1. The number of carbonyl (C=O) groups is 4. The largest absolute Gasteiger partial charge is 0.383 e. The number of aromatic nitrogens is 7. The summed E-state index contributed by atoms with van der Waals surface area (Å²) in [7, 11) is 5.52. The van der Waals surface area contributed by atoms with Crippen LogP contribution in [0.1, 0.15) is 136 Å². The average Bonchev–Trinajstić information content (AvgIpc) is 4.06. The molecule has 1 fully saturated rings. The number of aryl methyl sites for hydroxylation is 2. The zero-order valence-corrected chi connectivity index (χ0v) is 45.9. The van der Waals surface area contributed by atoms with E-state index in [0.717, 1.165) is 108 Å². The Bertz CT molecular complexity index is 3140. The number of piperidine rings is 1. The number of rotatable bonds is 20. The third kappa shape index (κ3) is 12.7. The van der Waals surface area contributed by atoms with E-state index in [4.69, 9.17) is 27.3 Å². The maximum atomic E-state index is 13.5. The monoisotopic (exact) mass is 1060 g/mol. The number of halogens is 1. The van der Waals surface area contributed by atoms with E-state index < -0.39 is 11.9 Å². The van der Waals surface area contributed by atoms with Gasteiger partial charge in [-0.15, -0.1) is 21.5 Å². The van der Waals surface area contributed by atoms with Crippen molar-refractivity contribution in [1.29, 1.82) is 0 Å². The number of nitrogen functional groups attached to an aromatic ring is 1. The lowest BCUT2D eigenvalue weighted by Crippen LogP contribution is -2.38. The van der Waals surface area contributed by atoms with Crippen molar-refractivity contribution in [3.8, 4) is 5.00 Å². The highest BCUT2D eigenvalue weighted by Crippen LogP contribution is 2.40. The van der Waals surface area contributed by atoms with Gasteiger partial charge in [-0.2, -0.15) is 5.10 Å². The number of aromatic amines is 1. The molecule has 396 valence electrons. The second-order valence-electron chi connectivity index (χ2n) is 20.1. The van der Waals surface area contributed by atoms with E-state index in [9.17, 15) is 19.2 Å². The van der Waals surface area contributed by atoms with Gasteiger partial charge >= 0.3 is 0 Å². The van der Waals surface area contributed by atoms with Crippen molar-refractivity contribution in [3.05, 3.63) is 115 Å². The predicted octanol–water partition coefficient (Wildman–Crippen LogP) is 8.29. The molecule has 2 aromatic carbocycles. The zero-order valence-electron chi connectivity index (χ0n) is 44.3. The highest BCUT2D eigenvalue weighted by molar-refractivity contribution is 7.15. The molecule has 0 radical (unpaired) electrons. The lowest BCUT2D eigenvalue weighted by Gasteiger charge is -2.31. The molecule has 20 heteroatoms. The molecule has 2 aliphatic rings. The van der Waals surface area contributed by atoms with Crippen LogP contribution in [-0.4, -0.2) is 133 Å². The molecular weight excluding hydrogens is 988 g/mol. The molecule has 75 heavy (non-hydrogen) atoms. The van der Waals surface area contributed by atoms with Crippen LogP contribution in [0.15, 0.2) is 53.5 Å². The number of hydrogen-bond acceptors (Lipinski definition) is 13. The molecule has 4 amide bonds. The van der Waals surface area contributed by atoms with Crippen LogP contribution in [0.25, 0.3) is 16.0 Å². The summed E-state index contributed by atoms with van der Waals surface area (Å²) in [5, 5.41) is 24.2. The summed E-state index contributed by atoms with van der Waals surface area (Å²) in [5.41, 5.74) is 14.2. The minimum atomic E-state index is -0.499. The maximum absolute atomic E-state index is 13.5. The lowest BCUT2D eigenvalue weighted by atomic mass is 9.97. The summed E-state index contributed by atoms with van der Waals surface area (Å²) in [5.74, 6) is 1.38. The summed E-state index contributed by atoms with van der Waals surface area (Å²) >= 11 is 7.95. The van der Waals surface area contributed by atoms with Crippen molar-refractivity contribution in [2.75, 3.05) is 64.9 Å². The molecule has 2 atom stereocenters. The van der Waals surface area contributed by atoms with Crippen LogP contribution in [0.5, 0.6) is 0 Å². The van der Waals surface area contributed by atoms with Crippen LogP contribution in [-0.2, 0) is 20.8 Å². The first-order chi connectivity index (χ1) is 36.0. The number of nitrogens with one attached hydrogen (secondary N) is 3. The predicted molar refractivity (Wildman–Crippen MR) is 296 cm³/mol. The normalized spacial score (nSPS) is 15.5. The van der Waals surface area contributed by atoms with Gasteiger partial charge in [0.25, 0.3) is 5.91 Å². The van der Waals surface area contributed by atoms with Gasteiger partial charge in [0.15, 0.2) is 11.5 Å². The fourth-order valence-corrected chi connectivity index (χ4v) is 11.1. The smallest absolute Gasteiger partial charge is 0.274 e. The SMILES string of the molecule is Cc1sc2c(c1C)C(c1ccc(Cl)cc1)=N[C@@H](CC(=O)NCCCCCCCCN(C)C/C=C/C(=O)N1CCC[C@@H](c3nc(N)c4c(C(=O)Nc5ccc(CC(=O)N(C)C)c(C)c5C)[nH]nc4n3)C1)c1nnc(C)n1-2. The van der Waals surface area contributed by atoms with Gasteiger partial charge in [0.1, 0.15) is 34.2 Å². The molecule has 0 aliphatic carbocycles. The highest BCUT2D eigenvalue weighted by atomic mass is 35.5. The summed E-state index contributed by atoms with van der Waals surface area (Å²) in [4.78, 5) is 74.0. The number of aliphatic imine (C=N–C) groups is 1. The van der Waals surface area contributed by atoms with E-state index in [1.807, 2.05) is 62.1 Å². The van der Waals surface area contributed by atoms with Gasteiger partial charge in [0.05, 0.1) is 23.9 Å². The molecule has 4 aromatic heterocycles. The molecule has 5 N–H and O–H groups in total. The zero-order chi connectivity index (χ0) is 53.5. The summed E-state index contributed by atoms with van der Waals surface area (Å²) in [6.07, 6.45) is 11.9. The standard InChI is InChI=1S/C55H69ClN14O4S/c1-32-33(2)41(24-21-38(32)29-45(73)67(6)7)60-54(74)49-47-50(57)61-51(62-52(47)65-64-49)39-17-15-28-69(31-39)44(72)18-16-27-68(8)26-14-12-10-9-11-13-25-58-43(71)30-42-53-66-63-36(5)70(53)55-46(34(3)35(4)75-55)48(59-42)37-19-22-40(56)23-20-37/h16,18-24,39,42H,9-15,17,25-31H2,1-8H3,(H,58,71)(H,60,74)(H3,57,61,62,64,65)/b18-16+/t39-,42+/m1/s1. The van der Waals surface area contributed by atoms with E-state index in [-0.39, 0.29) is 53.6 Å². The molecule has 0 saturated carbocycles. The van der Waals surface area contributed by atoms with E-state index in [1.54, 1.807) is 42.5 Å². The van der Waals surface area contributed by atoms with Crippen LogP contribution in [0, 0.1) is 34.6 Å². The Morgan fingerprint density at radius 2 is 1.67 bits per heavy atom. The molecule has 6 heterocycles. The summed E-state index contributed by atoms with van der Waals surface area (Å²) in [6, 6.07) is 10.8. The first kappa shape index (κ1) is 54.4. The summed E-state index contributed by atoms with van der Waals surface area (Å²) in [6.45, 7) is 13.3. The van der Waals surface area contributed by atoms with Crippen LogP contribution >= 0.6 is 22.9 Å². The number of fused-ring (bicyclic) bond motifs is 4. The molecule has 2 aliphatic heterocycles. The molecule has 6 aromatic rings. The number of anilines is 2. The van der Waals surface area contributed by atoms with Crippen LogP contribution < -0.4 is 16.4 Å². The number of H-pyrrole nitrogens is 1. The van der Waals surface area contributed by atoms with Crippen molar-refractivity contribution in [2.24, 2.45) is 4.99 Å². The van der Waals surface area contributed by atoms with E-state index in [2.05, 4.69) is 66.4 Å². The molecule has 8 rings (SSSR count). The Balaban J connectivity index is 0.734. The molecule has 1 saturated heterocycles. The number of benzene rings is 2. The number of amides is 4. The van der Waals surface area contributed by atoms with Gasteiger partial charge in [-0.1, -0.05) is 61.6 Å². The number of thiophene rings is 1. The van der Waals surface area contributed by atoms with Crippen molar-refractivity contribution in [2.45, 2.75) is 111 Å². The minimum Gasteiger partial charge on any atom is -0.383 e. The Labute approximate surface area is 447 Å². The Morgan fingerprint density at radius 1 is 0.920 bits per heavy atom. The molecule has 0 spiro atoms. The van der Waals surface area contributed by atoms with E-state index >= 15 is 0 Å². The number of carbonyl (C=O) groups excluding carboxylic acids is 4. The van der Waals surface area contributed by atoms with Gasteiger partial charge in [0.2, 0.25) is 17.7 Å².